The molecule has 0 amide bonds. The van der Waals surface area contributed by atoms with Crippen molar-refractivity contribution in [3.63, 3.8) is 0 Å². The van der Waals surface area contributed by atoms with Crippen LogP contribution in [0.15, 0.2) is 60.8 Å². The summed E-state index contributed by atoms with van der Waals surface area (Å²) in [5.41, 5.74) is 0. The molecule has 13 atom stereocenters. The third-order valence-corrected chi connectivity index (χ3v) is 12.4. The summed E-state index contributed by atoms with van der Waals surface area (Å²) < 4.78 is 34.6. The zero-order valence-electron chi connectivity index (χ0n) is 37.9. The zero-order chi connectivity index (χ0) is 47.3. The molecule has 0 radical (unpaired) electrons. The van der Waals surface area contributed by atoms with Crippen LogP contribution in [0.5, 0.6) is 0 Å². The molecule has 16 nitrogen and oxygen atoms in total. The topological polar surface area (TPSA) is 270 Å². The van der Waals surface area contributed by atoms with Gasteiger partial charge >= 0.3 is 19.8 Å². The third-order valence-electron chi connectivity index (χ3n) is 11.4. The highest BCUT2D eigenvalue weighted by Gasteiger charge is 2.49. The largest absolute Gasteiger partial charge is 0.472 e. The van der Waals surface area contributed by atoms with Gasteiger partial charge in [0.15, 0.2) is 6.10 Å². The lowest BCUT2D eigenvalue weighted by Crippen LogP contribution is -2.55. The van der Waals surface area contributed by atoms with Crippen molar-refractivity contribution in [3.8, 4) is 0 Å². The molecule has 17 heteroatoms. The predicted molar refractivity (Wildman–Crippen MR) is 241 cm³/mol. The summed E-state index contributed by atoms with van der Waals surface area (Å²) in [5.74, 6) is -4.04. The van der Waals surface area contributed by atoms with E-state index in [0.717, 1.165) is 64.2 Å². The van der Waals surface area contributed by atoms with Gasteiger partial charge in [-0.25, -0.2) is 4.57 Å². The van der Waals surface area contributed by atoms with E-state index in [1.54, 1.807) is 12.2 Å². The van der Waals surface area contributed by atoms with Gasteiger partial charge in [0.1, 0.15) is 31.0 Å². The predicted octanol–water partition coefficient (Wildman–Crippen LogP) is 5.32. The van der Waals surface area contributed by atoms with Crippen molar-refractivity contribution in [3.05, 3.63) is 60.8 Å². The number of unbranched alkanes of at least 4 members (excludes halogenated alkanes) is 7. The quantitative estimate of drug-likeness (QED) is 0.0305. The van der Waals surface area contributed by atoms with Gasteiger partial charge in [-0.15, -0.1) is 0 Å². The molecule has 0 aromatic rings. The second-order valence-electron chi connectivity index (χ2n) is 16.8. The molecule has 1 unspecified atom stereocenters. The summed E-state index contributed by atoms with van der Waals surface area (Å²) in [6.45, 7) is 2.69. The first kappa shape index (κ1) is 57.6. The molecule has 9 N–H and O–H groups in total. The van der Waals surface area contributed by atoms with E-state index in [9.17, 15) is 59.9 Å². The Bertz CT molecular complexity index is 1480. The van der Waals surface area contributed by atoms with Crippen molar-refractivity contribution in [2.24, 2.45) is 11.8 Å². The molecular formula is C47H79O16P. The van der Waals surface area contributed by atoms with Crippen LogP contribution in [0.25, 0.3) is 0 Å². The maximum atomic E-state index is 13.5. The van der Waals surface area contributed by atoms with Gasteiger partial charge in [-0.2, -0.15) is 0 Å². The van der Waals surface area contributed by atoms with E-state index in [1.165, 1.54) is 12.2 Å². The fourth-order valence-electron chi connectivity index (χ4n) is 7.53. The highest BCUT2D eigenvalue weighted by Crippen LogP contribution is 2.47. The van der Waals surface area contributed by atoms with E-state index < -0.39 is 112 Å². The van der Waals surface area contributed by atoms with E-state index in [2.05, 4.69) is 43.4 Å². The average molecular weight is 931 g/mol. The van der Waals surface area contributed by atoms with Crippen LogP contribution in [0, 0.1) is 11.8 Å². The number of allylic oxidation sites excluding steroid dienone is 8. The number of esters is 2. The fraction of sp³-hybridized carbons (Fsp3) is 0.745. The number of phosphoric acid groups is 1. The van der Waals surface area contributed by atoms with Gasteiger partial charge in [0.2, 0.25) is 0 Å². The van der Waals surface area contributed by atoms with Crippen molar-refractivity contribution in [2.75, 3.05) is 13.2 Å². The number of hydrogen-bond acceptors (Lipinski definition) is 15. The first-order valence-electron chi connectivity index (χ1n) is 23.3. The number of carbonyl (C=O) groups is 2. The lowest BCUT2D eigenvalue weighted by atomic mass is 9.83. The van der Waals surface area contributed by atoms with Gasteiger partial charge in [0.25, 0.3) is 0 Å². The zero-order valence-corrected chi connectivity index (χ0v) is 38.8. The second-order valence-corrected chi connectivity index (χ2v) is 18.2. The van der Waals surface area contributed by atoms with Crippen molar-refractivity contribution in [1.82, 2.24) is 0 Å². The Kier molecular flexibility index (Phi) is 29.7. The Labute approximate surface area is 380 Å². The number of aliphatic hydroxyl groups is 8. The van der Waals surface area contributed by atoms with Gasteiger partial charge in [-0.1, -0.05) is 113 Å². The molecule has 2 bridgehead atoms. The second kappa shape index (κ2) is 33.0. The lowest BCUT2D eigenvalue weighted by molar-refractivity contribution is -0.167. The molecule has 1 aliphatic carbocycles. The van der Waals surface area contributed by atoms with Crippen molar-refractivity contribution < 1.29 is 78.4 Å². The highest BCUT2D eigenvalue weighted by atomic mass is 31.2. The van der Waals surface area contributed by atoms with E-state index in [1.807, 2.05) is 6.92 Å². The van der Waals surface area contributed by atoms with E-state index >= 15 is 0 Å². The summed E-state index contributed by atoms with van der Waals surface area (Å²) in [6, 6.07) is 0. The standard InChI is InChI=1S/C47H79O16P/c1-3-5-7-8-9-10-11-12-13-14-15-16-17-18-23-27-40(51)60-32-35-33-61-64(58,59)63-47-45(56)43(54)37(30-29-34(48)25-21-6-4-2)39(50)31-38(49)36(42(53)44(55)46(47)57)26-22-19-20-24-28-41(52)62-35/h5,7,9-10,12-13,19,22,29-30,34-39,42-50,53-57H,3-4,6,8,11,14-18,20-21,23-28,31-33H2,1-2H3,(H,58,59)/b7-5-,10-9-,13-12-,22-19?,30-29+/t34-,35+,36-,37-,38-,39+,42+,43+,44-,45+,46+,47+/m0/s1. The van der Waals surface area contributed by atoms with Crippen LogP contribution < -0.4 is 0 Å². The van der Waals surface area contributed by atoms with Crippen molar-refractivity contribution in [1.29, 1.82) is 0 Å². The molecule has 368 valence electrons. The fourth-order valence-corrected chi connectivity index (χ4v) is 8.50. The lowest BCUT2D eigenvalue weighted by Gasteiger charge is -2.37. The molecule has 1 saturated carbocycles. The summed E-state index contributed by atoms with van der Waals surface area (Å²) in [6.07, 6.45) is 10.6. The number of hydrogen-bond donors (Lipinski definition) is 9. The van der Waals surface area contributed by atoms with Crippen LogP contribution in [0.3, 0.4) is 0 Å². The van der Waals surface area contributed by atoms with E-state index in [4.69, 9.17) is 18.5 Å². The first-order valence-corrected chi connectivity index (χ1v) is 24.8. The van der Waals surface area contributed by atoms with E-state index in [0.29, 0.717) is 25.7 Å². The van der Waals surface area contributed by atoms with Gasteiger partial charge in [-0.3, -0.25) is 18.6 Å². The van der Waals surface area contributed by atoms with Crippen LogP contribution in [0.4, 0.5) is 0 Å². The molecule has 1 heterocycles. The van der Waals surface area contributed by atoms with Gasteiger partial charge in [-0.05, 0) is 64.2 Å². The van der Waals surface area contributed by atoms with Crippen LogP contribution in [0.2, 0.25) is 0 Å². The summed E-state index contributed by atoms with van der Waals surface area (Å²) in [4.78, 5) is 36.4. The number of aliphatic hydroxyl groups excluding tert-OH is 8. The van der Waals surface area contributed by atoms with Crippen molar-refractivity contribution in [2.45, 2.75) is 197 Å². The minimum absolute atomic E-state index is 0.0870. The molecule has 0 aromatic heterocycles. The third kappa shape index (κ3) is 23.2. The number of fused-ring (bicyclic) bond motifs is 4. The molecule has 64 heavy (non-hydrogen) atoms. The number of carbonyl (C=O) groups excluding carboxylic acids is 2. The molecule has 2 aliphatic rings. The average Bonchev–Trinajstić information content (AvgIpc) is 3.26. The first-order chi connectivity index (χ1) is 30.6. The smallest absolute Gasteiger partial charge is 0.462 e. The Balaban J connectivity index is 2.17. The van der Waals surface area contributed by atoms with Crippen LogP contribution in [0.1, 0.15) is 136 Å². The molecular weight excluding hydrogens is 851 g/mol. The molecule has 1 fully saturated rings. The van der Waals surface area contributed by atoms with Crippen LogP contribution >= 0.6 is 7.82 Å². The van der Waals surface area contributed by atoms with Gasteiger partial charge in [0.05, 0.1) is 37.1 Å². The van der Waals surface area contributed by atoms with Gasteiger partial charge in [0, 0.05) is 31.1 Å². The number of rotatable bonds is 21. The molecule has 0 aromatic carbocycles. The maximum absolute atomic E-state index is 13.5. The Morgan fingerprint density at radius 2 is 1.50 bits per heavy atom. The SMILES string of the molecule is CC/C=C\C/C=C\C/C=C\CCCCCCCC(=O)OC[C@@H]1COP(=O)(O)O[C@H]2[C@H](O)[C@@H](O)[C@H](O)[C@@H](CC=CCCCC(=O)O1)[C@@H](O)C[C@@H](O)[C@H](/C=C/[C@@H](O)CCCCC)[C@@H](O)[C@H]2O. The molecule has 0 saturated heterocycles. The molecule has 0 spiro atoms. The Morgan fingerprint density at radius 3 is 2.22 bits per heavy atom. The van der Waals surface area contributed by atoms with Crippen molar-refractivity contribution >= 4 is 19.8 Å². The minimum Gasteiger partial charge on any atom is -0.462 e. The molecule has 2 rings (SSSR count). The van der Waals surface area contributed by atoms with Gasteiger partial charge < -0.3 is 55.2 Å². The number of cyclic esters (lactones) is 1. The molecule has 1 aliphatic heterocycles. The van der Waals surface area contributed by atoms with E-state index in [-0.39, 0.29) is 25.7 Å². The normalized spacial score (nSPS) is 32.5. The Hall–Kier alpha value is -2.57. The van der Waals surface area contributed by atoms with Crippen LogP contribution in [-0.4, -0.2) is 132 Å². The maximum Gasteiger partial charge on any atom is 0.472 e. The number of ether oxygens (including phenoxy) is 2. The number of phosphoric ester groups is 1. The summed E-state index contributed by atoms with van der Waals surface area (Å²) in [7, 11) is -5.44. The monoisotopic (exact) mass is 931 g/mol. The van der Waals surface area contributed by atoms with Crippen LogP contribution in [-0.2, 0) is 32.7 Å². The summed E-state index contributed by atoms with van der Waals surface area (Å²) >= 11 is 0. The summed E-state index contributed by atoms with van der Waals surface area (Å²) in [5, 5.41) is 89.9. The minimum atomic E-state index is -5.44. The Morgan fingerprint density at radius 1 is 0.828 bits per heavy atom. The highest BCUT2D eigenvalue weighted by molar-refractivity contribution is 7.47.